The van der Waals surface area contributed by atoms with Gasteiger partial charge in [-0.3, -0.25) is 10.1 Å². The molecule has 2 aromatic rings. The molecule has 0 aromatic heterocycles. The third-order valence-electron chi connectivity index (χ3n) is 2.42. The number of nitro groups is 1. The highest BCUT2D eigenvalue weighted by Crippen LogP contribution is 2.36. The summed E-state index contributed by atoms with van der Waals surface area (Å²) in [6.07, 6.45) is 0. The van der Waals surface area contributed by atoms with Crippen molar-refractivity contribution in [3.63, 3.8) is 0 Å². The third-order valence-corrected chi connectivity index (χ3v) is 3.24. The Kier molecular flexibility index (Phi) is 3.50. The molecule has 0 heterocycles. The molecule has 2 rings (SSSR count). The topological polar surface area (TPSA) is 43.1 Å². The van der Waals surface area contributed by atoms with Gasteiger partial charge < -0.3 is 0 Å². The van der Waals surface area contributed by atoms with Gasteiger partial charge in [0.2, 0.25) is 5.82 Å². The van der Waals surface area contributed by atoms with Crippen LogP contribution in [-0.2, 0) is 0 Å². The Balaban J connectivity index is 2.69. The summed E-state index contributed by atoms with van der Waals surface area (Å²) in [7, 11) is 0. The Morgan fingerprint density at radius 3 is 2.33 bits per heavy atom. The van der Waals surface area contributed by atoms with E-state index in [0.29, 0.717) is 5.56 Å². The summed E-state index contributed by atoms with van der Waals surface area (Å²) in [5.74, 6) is -0.924. The van der Waals surface area contributed by atoms with Crippen molar-refractivity contribution >= 4 is 28.9 Å². The standard InChI is InChI=1S/C12H6Cl2FNO2/c13-9-5-1-3-7(11(9)14)8-4-2-6-10(12(8)15)16(17)18/h1-6H. The van der Waals surface area contributed by atoms with Crippen LogP contribution in [0.5, 0.6) is 0 Å². The quantitative estimate of drug-likeness (QED) is 0.592. The Bertz CT molecular complexity index is 631. The van der Waals surface area contributed by atoms with Crippen molar-refractivity contribution in [2.75, 3.05) is 0 Å². The third kappa shape index (κ3) is 2.17. The Morgan fingerprint density at radius 1 is 1.06 bits per heavy atom. The largest absolute Gasteiger partial charge is 0.305 e. The molecule has 6 heteroatoms. The van der Waals surface area contributed by atoms with E-state index in [2.05, 4.69) is 0 Å². The van der Waals surface area contributed by atoms with Gasteiger partial charge in [0.25, 0.3) is 0 Å². The number of halogens is 3. The van der Waals surface area contributed by atoms with Gasteiger partial charge in [-0.1, -0.05) is 47.5 Å². The highest BCUT2D eigenvalue weighted by Gasteiger charge is 2.20. The molecule has 0 unspecified atom stereocenters. The van der Waals surface area contributed by atoms with E-state index in [9.17, 15) is 14.5 Å². The van der Waals surface area contributed by atoms with Gasteiger partial charge in [-0.05, 0) is 6.07 Å². The van der Waals surface area contributed by atoms with Gasteiger partial charge in [-0.15, -0.1) is 0 Å². The van der Waals surface area contributed by atoms with Crippen molar-refractivity contribution < 1.29 is 9.31 Å². The van der Waals surface area contributed by atoms with Crippen molar-refractivity contribution in [1.29, 1.82) is 0 Å². The lowest BCUT2D eigenvalue weighted by molar-refractivity contribution is -0.387. The van der Waals surface area contributed by atoms with Gasteiger partial charge in [0.15, 0.2) is 0 Å². The van der Waals surface area contributed by atoms with Crippen molar-refractivity contribution in [2.24, 2.45) is 0 Å². The summed E-state index contributed by atoms with van der Waals surface area (Å²) in [5.41, 5.74) is -0.217. The number of rotatable bonds is 2. The highest BCUT2D eigenvalue weighted by molar-refractivity contribution is 6.43. The van der Waals surface area contributed by atoms with E-state index in [1.54, 1.807) is 18.2 Å². The average Bonchev–Trinajstić information content (AvgIpc) is 2.33. The predicted octanol–water partition coefficient (Wildman–Crippen LogP) is 4.71. The predicted molar refractivity (Wildman–Crippen MR) is 68.5 cm³/mol. The molecule has 0 bridgehead atoms. The molecule has 92 valence electrons. The lowest BCUT2D eigenvalue weighted by atomic mass is 10.0. The first-order valence-electron chi connectivity index (χ1n) is 4.89. The van der Waals surface area contributed by atoms with Gasteiger partial charge in [0.1, 0.15) is 0 Å². The van der Waals surface area contributed by atoms with Crippen LogP contribution in [0, 0.1) is 15.9 Å². The molecule has 0 radical (unpaired) electrons. The van der Waals surface area contributed by atoms with E-state index < -0.39 is 16.4 Å². The fourth-order valence-electron chi connectivity index (χ4n) is 1.58. The second-order valence-corrected chi connectivity index (χ2v) is 4.28. The van der Waals surface area contributed by atoms with Crippen LogP contribution >= 0.6 is 23.2 Å². The van der Waals surface area contributed by atoms with Gasteiger partial charge in [-0.2, -0.15) is 4.39 Å². The van der Waals surface area contributed by atoms with E-state index >= 15 is 0 Å². The smallest absolute Gasteiger partial charge is 0.258 e. The second-order valence-electron chi connectivity index (χ2n) is 3.50. The van der Waals surface area contributed by atoms with Crippen LogP contribution in [0.1, 0.15) is 0 Å². The average molecular weight is 286 g/mol. The van der Waals surface area contributed by atoms with Crippen molar-refractivity contribution in [2.45, 2.75) is 0 Å². The molecular weight excluding hydrogens is 280 g/mol. The fourth-order valence-corrected chi connectivity index (χ4v) is 1.98. The molecule has 0 atom stereocenters. The monoisotopic (exact) mass is 285 g/mol. The summed E-state index contributed by atoms with van der Waals surface area (Å²) >= 11 is 11.8. The maximum atomic E-state index is 14.0. The van der Waals surface area contributed by atoms with E-state index in [4.69, 9.17) is 23.2 Å². The van der Waals surface area contributed by atoms with Crippen molar-refractivity contribution in [3.05, 3.63) is 62.4 Å². The molecule has 0 saturated heterocycles. The zero-order valence-corrected chi connectivity index (χ0v) is 10.4. The minimum absolute atomic E-state index is 0.0525. The van der Waals surface area contributed by atoms with Crippen LogP contribution in [0.3, 0.4) is 0 Å². The molecule has 3 nitrogen and oxygen atoms in total. The van der Waals surface area contributed by atoms with Gasteiger partial charge >= 0.3 is 5.69 Å². The van der Waals surface area contributed by atoms with Gasteiger partial charge in [0, 0.05) is 17.2 Å². The number of nitrogens with zero attached hydrogens (tertiary/aromatic N) is 1. The number of benzene rings is 2. The molecule has 0 amide bonds. The van der Waals surface area contributed by atoms with Crippen LogP contribution in [-0.4, -0.2) is 4.92 Å². The molecule has 0 aliphatic heterocycles. The van der Waals surface area contributed by atoms with Gasteiger partial charge in [0.05, 0.1) is 15.0 Å². The van der Waals surface area contributed by atoms with E-state index in [1.165, 1.54) is 12.1 Å². The van der Waals surface area contributed by atoms with Gasteiger partial charge in [-0.25, -0.2) is 0 Å². The zero-order chi connectivity index (χ0) is 13.3. The summed E-state index contributed by atoms with van der Waals surface area (Å²) in [6.45, 7) is 0. The summed E-state index contributed by atoms with van der Waals surface area (Å²) in [5, 5.41) is 11.1. The molecule has 0 aliphatic carbocycles. The maximum absolute atomic E-state index is 14.0. The summed E-state index contributed by atoms with van der Waals surface area (Å²) in [6, 6.07) is 8.62. The Labute approximate surface area is 112 Å². The maximum Gasteiger partial charge on any atom is 0.305 e. The number of nitro benzene ring substituents is 1. The minimum atomic E-state index is -0.924. The van der Waals surface area contributed by atoms with Crippen LogP contribution in [0.4, 0.5) is 10.1 Å². The lowest BCUT2D eigenvalue weighted by Gasteiger charge is -2.07. The first kappa shape index (κ1) is 12.8. The molecular formula is C12H6Cl2FNO2. The van der Waals surface area contributed by atoms with E-state index in [-0.39, 0.29) is 15.6 Å². The van der Waals surface area contributed by atoms with Crippen molar-refractivity contribution in [3.8, 4) is 11.1 Å². The lowest BCUT2D eigenvalue weighted by Crippen LogP contribution is -1.95. The SMILES string of the molecule is O=[N+]([O-])c1cccc(-c2cccc(Cl)c2Cl)c1F. The van der Waals surface area contributed by atoms with Crippen LogP contribution < -0.4 is 0 Å². The van der Waals surface area contributed by atoms with Crippen LogP contribution in [0.15, 0.2) is 36.4 Å². The Morgan fingerprint density at radius 2 is 1.67 bits per heavy atom. The minimum Gasteiger partial charge on any atom is -0.258 e. The molecule has 0 fully saturated rings. The fraction of sp³-hybridized carbons (Fsp3) is 0. The van der Waals surface area contributed by atoms with Crippen LogP contribution in [0.25, 0.3) is 11.1 Å². The normalized spacial score (nSPS) is 10.4. The molecule has 0 saturated carbocycles. The first-order valence-corrected chi connectivity index (χ1v) is 5.65. The highest BCUT2D eigenvalue weighted by atomic mass is 35.5. The number of hydrogen-bond acceptors (Lipinski definition) is 2. The molecule has 2 aromatic carbocycles. The molecule has 0 spiro atoms. The molecule has 18 heavy (non-hydrogen) atoms. The summed E-state index contributed by atoms with van der Waals surface area (Å²) in [4.78, 5) is 9.88. The molecule has 0 N–H and O–H groups in total. The second kappa shape index (κ2) is 4.92. The van der Waals surface area contributed by atoms with E-state index in [0.717, 1.165) is 6.07 Å². The number of hydrogen-bond donors (Lipinski definition) is 0. The first-order chi connectivity index (χ1) is 8.52. The molecule has 0 aliphatic rings. The van der Waals surface area contributed by atoms with E-state index in [1.807, 2.05) is 0 Å². The Hall–Kier alpha value is -1.65. The zero-order valence-electron chi connectivity index (χ0n) is 8.86. The summed E-state index contributed by atoms with van der Waals surface area (Å²) < 4.78 is 14.0. The van der Waals surface area contributed by atoms with Crippen LogP contribution in [0.2, 0.25) is 10.0 Å². The van der Waals surface area contributed by atoms with Crippen molar-refractivity contribution in [1.82, 2.24) is 0 Å².